The van der Waals surface area contributed by atoms with Gasteiger partial charge in [0.1, 0.15) is 12.4 Å². The molecule has 5 heterocycles. The van der Waals surface area contributed by atoms with Crippen molar-refractivity contribution < 1.29 is 14.6 Å². The van der Waals surface area contributed by atoms with Crippen LogP contribution in [0.25, 0.3) is 0 Å². The molecule has 1 spiro atoms. The maximum absolute atomic E-state index is 10.3. The zero-order chi connectivity index (χ0) is 25.9. The van der Waals surface area contributed by atoms with Gasteiger partial charge in [0.2, 0.25) is 0 Å². The molecule has 7 rings (SSSR count). The second kappa shape index (κ2) is 9.61. The van der Waals surface area contributed by atoms with Gasteiger partial charge in [-0.2, -0.15) is 9.97 Å². The predicted molar refractivity (Wildman–Crippen MR) is 147 cm³/mol. The van der Waals surface area contributed by atoms with Crippen molar-refractivity contribution >= 4 is 17.4 Å². The van der Waals surface area contributed by atoms with Gasteiger partial charge in [0.25, 0.3) is 0 Å². The topological polar surface area (TPSA) is 71.0 Å². The Labute approximate surface area is 230 Å². The first-order valence-electron chi connectivity index (χ1n) is 14.6. The number of rotatable bonds is 4. The van der Waals surface area contributed by atoms with E-state index in [4.69, 9.17) is 31.0 Å². The van der Waals surface area contributed by atoms with Gasteiger partial charge in [0.15, 0.2) is 0 Å². The molecule has 204 valence electrons. The van der Waals surface area contributed by atoms with Crippen molar-refractivity contribution in [2.45, 2.75) is 88.6 Å². The van der Waals surface area contributed by atoms with Crippen LogP contribution in [0, 0.1) is 5.92 Å². The SMILES string of the molecule is C[C@H]1CN2CCC[C@@]2(COc2nc3c(c(N4CCCC(O)CC4)n2)COC2(CCc4c(Cl)cccc42)C3)C1. The molecule has 1 aromatic heterocycles. The number of halogens is 1. The molecule has 1 aromatic carbocycles. The summed E-state index contributed by atoms with van der Waals surface area (Å²) >= 11 is 6.58. The predicted octanol–water partition coefficient (Wildman–Crippen LogP) is 4.65. The van der Waals surface area contributed by atoms with Crippen LogP contribution in [0.5, 0.6) is 6.01 Å². The lowest BCUT2D eigenvalue weighted by Gasteiger charge is -2.37. The maximum atomic E-state index is 10.3. The molecule has 0 bridgehead atoms. The van der Waals surface area contributed by atoms with Crippen LogP contribution in [0.2, 0.25) is 5.02 Å². The van der Waals surface area contributed by atoms with Gasteiger partial charge in [-0.1, -0.05) is 30.7 Å². The molecule has 4 atom stereocenters. The second-order valence-corrected chi connectivity index (χ2v) is 12.8. The van der Waals surface area contributed by atoms with Crippen molar-refractivity contribution in [3.8, 4) is 6.01 Å². The lowest BCUT2D eigenvalue weighted by Crippen LogP contribution is -2.43. The largest absolute Gasteiger partial charge is 0.461 e. The van der Waals surface area contributed by atoms with Gasteiger partial charge in [-0.15, -0.1) is 0 Å². The van der Waals surface area contributed by atoms with E-state index >= 15 is 0 Å². The normalized spacial score (nSPS) is 32.8. The highest BCUT2D eigenvalue weighted by atomic mass is 35.5. The second-order valence-electron chi connectivity index (χ2n) is 12.4. The Morgan fingerprint density at radius 1 is 1.13 bits per heavy atom. The van der Waals surface area contributed by atoms with Gasteiger partial charge in [0.05, 0.1) is 29.5 Å². The maximum Gasteiger partial charge on any atom is 0.318 e. The van der Waals surface area contributed by atoms with Crippen LogP contribution < -0.4 is 9.64 Å². The highest BCUT2D eigenvalue weighted by molar-refractivity contribution is 6.31. The number of anilines is 1. The minimum absolute atomic E-state index is 0.122. The number of fused-ring (bicyclic) bond motifs is 4. The fourth-order valence-corrected chi connectivity index (χ4v) is 8.26. The first-order chi connectivity index (χ1) is 18.4. The van der Waals surface area contributed by atoms with Crippen LogP contribution in [0.15, 0.2) is 18.2 Å². The van der Waals surface area contributed by atoms with Crippen LogP contribution in [0.1, 0.15) is 74.3 Å². The van der Waals surface area contributed by atoms with E-state index in [1.807, 2.05) is 12.1 Å². The molecule has 1 N–H and O–H groups in total. The average molecular weight is 539 g/mol. The molecule has 3 fully saturated rings. The van der Waals surface area contributed by atoms with Gasteiger partial charge in [-0.05, 0) is 81.0 Å². The Balaban J connectivity index is 1.23. The van der Waals surface area contributed by atoms with E-state index < -0.39 is 5.60 Å². The Morgan fingerprint density at radius 2 is 2.05 bits per heavy atom. The Bertz CT molecular complexity index is 1230. The van der Waals surface area contributed by atoms with Crippen LogP contribution in [-0.4, -0.2) is 64.4 Å². The number of hydrogen-bond donors (Lipinski definition) is 1. The molecule has 1 aliphatic carbocycles. The van der Waals surface area contributed by atoms with E-state index in [0.29, 0.717) is 31.6 Å². The first kappa shape index (κ1) is 25.1. The number of nitrogens with zero attached hydrogens (tertiary/aromatic N) is 4. The van der Waals surface area contributed by atoms with Crippen molar-refractivity contribution in [2.24, 2.45) is 5.92 Å². The molecule has 2 aromatic rings. The van der Waals surface area contributed by atoms with Crippen molar-refractivity contribution in [2.75, 3.05) is 37.7 Å². The van der Waals surface area contributed by atoms with E-state index in [2.05, 4.69) is 22.8 Å². The standard InChI is InChI=1S/C30H39ClN4O3/c1-20-15-29(10-4-13-35(29)17-20)19-37-28-32-26-16-30(11-8-22-24(30)6-2-7-25(22)31)38-18-23(26)27(33-28)34-12-3-5-21(36)9-14-34/h2,6-7,20-21,36H,3-5,8-19H2,1H3/t20-,21?,29+,30?/m1/s1. The molecule has 0 saturated carbocycles. The fraction of sp³-hybridized carbons (Fsp3) is 0.667. The summed E-state index contributed by atoms with van der Waals surface area (Å²) in [6.07, 6.45) is 8.43. The van der Waals surface area contributed by atoms with Crippen LogP contribution in [-0.2, 0) is 29.8 Å². The Morgan fingerprint density at radius 3 is 2.97 bits per heavy atom. The van der Waals surface area contributed by atoms with Crippen LogP contribution in [0.3, 0.4) is 0 Å². The van der Waals surface area contributed by atoms with Crippen LogP contribution >= 0.6 is 11.6 Å². The number of aromatic nitrogens is 2. The van der Waals surface area contributed by atoms with E-state index in [1.165, 1.54) is 36.9 Å². The van der Waals surface area contributed by atoms with Gasteiger partial charge < -0.3 is 19.5 Å². The highest BCUT2D eigenvalue weighted by Crippen LogP contribution is 2.49. The molecule has 0 amide bonds. The van der Waals surface area contributed by atoms with Gasteiger partial charge >= 0.3 is 6.01 Å². The van der Waals surface area contributed by atoms with Gasteiger partial charge in [-0.3, -0.25) is 4.90 Å². The molecular formula is C30H39ClN4O3. The summed E-state index contributed by atoms with van der Waals surface area (Å²) in [5.74, 6) is 1.63. The van der Waals surface area contributed by atoms with Crippen molar-refractivity contribution in [3.63, 3.8) is 0 Å². The lowest BCUT2D eigenvalue weighted by molar-refractivity contribution is -0.0730. The van der Waals surface area contributed by atoms with Crippen molar-refractivity contribution in [1.82, 2.24) is 14.9 Å². The lowest BCUT2D eigenvalue weighted by atomic mass is 9.87. The third-order valence-electron chi connectivity index (χ3n) is 9.85. The molecule has 5 aliphatic rings. The number of ether oxygens (including phenoxy) is 2. The molecule has 2 unspecified atom stereocenters. The van der Waals surface area contributed by atoms with E-state index in [0.717, 1.165) is 73.8 Å². The zero-order valence-corrected chi connectivity index (χ0v) is 23.2. The first-order valence-corrected chi connectivity index (χ1v) is 15.0. The summed E-state index contributed by atoms with van der Waals surface area (Å²) < 4.78 is 13.2. The average Bonchev–Trinajstić information content (AvgIpc) is 3.49. The van der Waals surface area contributed by atoms with Gasteiger partial charge in [0, 0.05) is 36.6 Å². The monoisotopic (exact) mass is 538 g/mol. The van der Waals surface area contributed by atoms with E-state index in [1.54, 1.807) is 0 Å². The smallest absolute Gasteiger partial charge is 0.318 e. The number of benzene rings is 1. The molecule has 0 radical (unpaired) electrons. The minimum atomic E-state index is -0.396. The summed E-state index contributed by atoms with van der Waals surface area (Å²) in [6.45, 7) is 7.47. The number of hydrogen-bond acceptors (Lipinski definition) is 7. The summed E-state index contributed by atoms with van der Waals surface area (Å²) in [6, 6.07) is 6.67. The summed E-state index contributed by atoms with van der Waals surface area (Å²) in [7, 11) is 0. The van der Waals surface area contributed by atoms with E-state index in [9.17, 15) is 5.11 Å². The van der Waals surface area contributed by atoms with Gasteiger partial charge in [-0.25, -0.2) is 0 Å². The molecule has 4 aliphatic heterocycles. The van der Waals surface area contributed by atoms with Crippen molar-refractivity contribution in [1.29, 1.82) is 0 Å². The quantitative estimate of drug-likeness (QED) is 0.607. The molecular weight excluding hydrogens is 500 g/mol. The molecule has 38 heavy (non-hydrogen) atoms. The van der Waals surface area contributed by atoms with Crippen LogP contribution in [0.4, 0.5) is 5.82 Å². The van der Waals surface area contributed by atoms with E-state index in [-0.39, 0.29) is 11.6 Å². The number of aliphatic hydroxyl groups is 1. The highest BCUT2D eigenvalue weighted by Gasteiger charge is 2.48. The Hall–Kier alpha value is -1.93. The summed E-state index contributed by atoms with van der Waals surface area (Å²) in [5, 5.41) is 11.1. The fourth-order valence-electron chi connectivity index (χ4n) is 7.99. The third-order valence-corrected chi connectivity index (χ3v) is 10.2. The molecule has 7 nitrogen and oxygen atoms in total. The zero-order valence-electron chi connectivity index (χ0n) is 22.4. The Kier molecular flexibility index (Phi) is 6.34. The number of aliphatic hydroxyl groups excluding tert-OH is 1. The summed E-state index contributed by atoms with van der Waals surface area (Å²) in [4.78, 5) is 15.1. The minimum Gasteiger partial charge on any atom is -0.461 e. The molecule has 8 heteroatoms. The van der Waals surface area contributed by atoms with Crippen molar-refractivity contribution in [3.05, 3.63) is 45.6 Å². The molecule has 3 saturated heterocycles. The summed E-state index contributed by atoms with van der Waals surface area (Å²) in [5.41, 5.74) is 4.25. The third kappa shape index (κ3) is 4.21.